The zero-order chi connectivity index (χ0) is 20.8. The Kier molecular flexibility index (Phi) is 6.49. The van der Waals surface area contributed by atoms with Crippen LogP contribution in [0.5, 0.6) is 0 Å². The van der Waals surface area contributed by atoms with Gasteiger partial charge in [0.25, 0.3) is 5.91 Å². The second kappa shape index (κ2) is 9.63. The molecular weight excluding hydrogens is 398 g/mol. The Bertz CT molecular complexity index is 1020. The third-order valence-corrected chi connectivity index (χ3v) is 6.01. The van der Waals surface area contributed by atoms with Crippen LogP contribution in [-0.2, 0) is 14.3 Å². The molecule has 0 unspecified atom stereocenters. The van der Waals surface area contributed by atoms with Crippen LogP contribution < -0.4 is 4.90 Å². The van der Waals surface area contributed by atoms with Crippen molar-refractivity contribution in [1.82, 2.24) is 9.88 Å². The van der Waals surface area contributed by atoms with Gasteiger partial charge in [-0.05, 0) is 35.0 Å². The fourth-order valence-electron chi connectivity index (χ4n) is 3.40. The van der Waals surface area contributed by atoms with E-state index >= 15 is 0 Å². The molecule has 0 radical (unpaired) electrons. The Labute approximate surface area is 179 Å². The number of carbonyl (C=O) groups is 2. The van der Waals surface area contributed by atoms with Crippen molar-refractivity contribution >= 4 is 40.2 Å². The number of rotatable bonds is 6. The number of thioether (sulfide) groups is 1. The molecule has 0 bridgehead atoms. The van der Waals surface area contributed by atoms with Crippen molar-refractivity contribution in [1.29, 1.82) is 0 Å². The van der Waals surface area contributed by atoms with E-state index in [1.807, 2.05) is 48.5 Å². The largest absolute Gasteiger partial charge is 0.455 e. The fourth-order valence-corrected chi connectivity index (χ4v) is 4.14. The summed E-state index contributed by atoms with van der Waals surface area (Å²) in [6, 6.07) is 20.0. The summed E-state index contributed by atoms with van der Waals surface area (Å²) < 4.78 is 5.20. The van der Waals surface area contributed by atoms with E-state index in [2.05, 4.69) is 22.0 Å². The molecule has 0 spiro atoms. The number of anilines is 1. The van der Waals surface area contributed by atoms with Crippen molar-refractivity contribution in [3.63, 3.8) is 0 Å². The van der Waals surface area contributed by atoms with Gasteiger partial charge in [0, 0.05) is 37.3 Å². The smallest absolute Gasteiger partial charge is 0.316 e. The highest BCUT2D eigenvalue weighted by molar-refractivity contribution is 8.00. The van der Waals surface area contributed by atoms with Gasteiger partial charge in [0.2, 0.25) is 0 Å². The highest BCUT2D eigenvalue weighted by atomic mass is 32.2. The minimum atomic E-state index is -0.381. The van der Waals surface area contributed by atoms with E-state index in [4.69, 9.17) is 4.74 Å². The van der Waals surface area contributed by atoms with Gasteiger partial charge in [-0.1, -0.05) is 36.4 Å². The Morgan fingerprint density at radius 3 is 2.47 bits per heavy atom. The van der Waals surface area contributed by atoms with Crippen molar-refractivity contribution < 1.29 is 14.3 Å². The van der Waals surface area contributed by atoms with Crippen LogP contribution in [0.2, 0.25) is 0 Å². The molecule has 0 saturated carbocycles. The lowest BCUT2D eigenvalue weighted by atomic mass is 10.1. The number of nitrogens with zero attached hydrogens (tertiary/aromatic N) is 3. The van der Waals surface area contributed by atoms with Crippen LogP contribution in [0.1, 0.15) is 0 Å². The molecule has 1 amide bonds. The van der Waals surface area contributed by atoms with Crippen LogP contribution in [-0.4, -0.2) is 60.3 Å². The van der Waals surface area contributed by atoms with E-state index in [0.717, 1.165) is 21.5 Å². The van der Waals surface area contributed by atoms with Gasteiger partial charge in [-0.25, -0.2) is 4.98 Å². The maximum Gasteiger partial charge on any atom is 0.316 e. The zero-order valence-corrected chi connectivity index (χ0v) is 17.4. The Morgan fingerprint density at radius 1 is 0.933 bits per heavy atom. The molecule has 1 saturated heterocycles. The van der Waals surface area contributed by atoms with Crippen LogP contribution >= 0.6 is 11.8 Å². The minimum absolute atomic E-state index is 0.153. The highest BCUT2D eigenvalue weighted by Crippen LogP contribution is 2.23. The fraction of sp³-hybridized carbons (Fsp3) is 0.261. The average Bonchev–Trinajstić information content (AvgIpc) is 2.81. The average molecular weight is 422 g/mol. The first-order valence-electron chi connectivity index (χ1n) is 9.90. The highest BCUT2D eigenvalue weighted by Gasteiger charge is 2.22. The lowest BCUT2D eigenvalue weighted by Gasteiger charge is -2.35. The van der Waals surface area contributed by atoms with E-state index in [1.54, 1.807) is 11.1 Å². The Balaban J connectivity index is 1.19. The monoisotopic (exact) mass is 421 g/mol. The van der Waals surface area contributed by atoms with E-state index in [0.29, 0.717) is 26.2 Å². The number of benzene rings is 2. The molecule has 7 heteroatoms. The molecule has 1 fully saturated rings. The summed E-state index contributed by atoms with van der Waals surface area (Å²) in [7, 11) is 0. The third kappa shape index (κ3) is 5.10. The van der Waals surface area contributed by atoms with Crippen molar-refractivity contribution in [3.05, 3.63) is 66.9 Å². The normalized spacial score (nSPS) is 14.0. The van der Waals surface area contributed by atoms with E-state index in [1.165, 1.54) is 11.8 Å². The van der Waals surface area contributed by atoms with Crippen LogP contribution in [0.25, 0.3) is 10.8 Å². The predicted octanol–water partition coefficient (Wildman–Crippen LogP) is 3.22. The molecule has 2 aromatic carbocycles. The Hall–Kier alpha value is -3.06. The standard InChI is InChI=1S/C23H23N3O3S/c27-22(26-13-11-25(12-14-26)21-7-3-4-10-24-21)16-29-23(28)17-30-20-9-8-18-5-1-2-6-19(18)15-20/h1-10,15H,11-14,16-17H2. The SMILES string of the molecule is O=C(CSc1ccc2ccccc2c1)OCC(=O)N1CCN(c2ccccn2)CC1. The first-order valence-corrected chi connectivity index (χ1v) is 10.9. The lowest BCUT2D eigenvalue weighted by molar-refractivity contribution is -0.150. The summed E-state index contributed by atoms with van der Waals surface area (Å²) >= 11 is 1.42. The van der Waals surface area contributed by atoms with Gasteiger partial charge in [-0.15, -0.1) is 11.8 Å². The van der Waals surface area contributed by atoms with Crippen molar-refractivity contribution in [3.8, 4) is 0 Å². The van der Waals surface area contributed by atoms with Crippen molar-refractivity contribution in [2.75, 3.05) is 43.4 Å². The molecule has 4 rings (SSSR count). The maximum atomic E-state index is 12.4. The topological polar surface area (TPSA) is 62.7 Å². The summed E-state index contributed by atoms with van der Waals surface area (Å²) in [5, 5.41) is 2.30. The molecule has 2 heterocycles. The summed E-state index contributed by atoms with van der Waals surface area (Å²) in [5.41, 5.74) is 0. The van der Waals surface area contributed by atoms with Crippen LogP contribution in [0.3, 0.4) is 0 Å². The molecule has 0 N–H and O–H groups in total. The van der Waals surface area contributed by atoms with E-state index in [9.17, 15) is 9.59 Å². The van der Waals surface area contributed by atoms with Gasteiger partial charge < -0.3 is 14.5 Å². The predicted molar refractivity (Wildman–Crippen MR) is 119 cm³/mol. The molecule has 0 aliphatic carbocycles. The number of esters is 1. The number of amides is 1. The molecule has 6 nitrogen and oxygen atoms in total. The minimum Gasteiger partial charge on any atom is -0.455 e. The van der Waals surface area contributed by atoms with Gasteiger partial charge in [-0.3, -0.25) is 9.59 Å². The number of ether oxygens (including phenoxy) is 1. The number of hydrogen-bond donors (Lipinski definition) is 0. The number of piperazine rings is 1. The summed E-state index contributed by atoms with van der Waals surface area (Å²) in [6.07, 6.45) is 1.77. The molecule has 30 heavy (non-hydrogen) atoms. The molecule has 1 aromatic heterocycles. The maximum absolute atomic E-state index is 12.4. The number of hydrogen-bond acceptors (Lipinski definition) is 6. The summed E-state index contributed by atoms with van der Waals surface area (Å²) in [5.74, 6) is 0.564. The van der Waals surface area contributed by atoms with Gasteiger partial charge in [0.05, 0.1) is 5.75 Å². The third-order valence-electron chi connectivity index (χ3n) is 5.04. The van der Waals surface area contributed by atoms with Crippen molar-refractivity contribution in [2.24, 2.45) is 0 Å². The zero-order valence-electron chi connectivity index (χ0n) is 16.6. The summed E-state index contributed by atoms with van der Waals surface area (Å²) in [4.78, 5) is 33.7. The Morgan fingerprint density at radius 2 is 1.70 bits per heavy atom. The van der Waals surface area contributed by atoms with Gasteiger partial charge in [0.1, 0.15) is 5.82 Å². The van der Waals surface area contributed by atoms with Crippen LogP contribution in [0.4, 0.5) is 5.82 Å². The molecule has 1 aliphatic heterocycles. The van der Waals surface area contributed by atoms with Gasteiger partial charge >= 0.3 is 5.97 Å². The molecule has 1 aliphatic rings. The summed E-state index contributed by atoms with van der Waals surface area (Å²) in [6.45, 7) is 2.42. The van der Waals surface area contributed by atoms with E-state index < -0.39 is 0 Å². The number of fused-ring (bicyclic) bond motifs is 1. The number of pyridine rings is 1. The van der Waals surface area contributed by atoms with Gasteiger partial charge in [-0.2, -0.15) is 0 Å². The molecule has 0 atom stereocenters. The first kappa shape index (κ1) is 20.2. The van der Waals surface area contributed by atoms with E-state index in [-0.39, 0.29) is 24.2 Å². The number of carbonyl (C=O) groups excluding carboxylic acids is 2. The second-order valence-corrected chi connectivity index (χ2v) is 8.06. The van der Waals surface area contributed by atoms with Gasteiger partial charge in [0.15, 0.2) is 6.61 Å². The van der Waals surface area contributed by atoms with Crippen LogP contribution in [0.15, 0.2) is 71.8 Å². The molecule has 154 valence electrons. The second-order valence-electron chi connectivity index (χ2n) is 7.01. The van der Waals surface area contributed by atoms with Crippen LogP contribution in [0, 0.1) is 0 Å². The van der Waals surface area contributed by atoms with Crippen molar-refractivity contribution in [2.45, 2.75) is 4.90 Å². The number of aromatic nitrogens is 1. The molecule has 3 aromatic rings. The molecular formula is C23H23N3O3S. The lowest BCUT2D eigenvalue weighted by Crippen LogP contribution is -2.50. The quantitative estimate of drug-likeness (QED) is 0.450. The first-order chi connectivity index (χ1) is 14.7.